The molecular weight excluding hydrogens is 591 g/mol. The first-order valence-corrected chi connectivity index (χ1v) is 13.3. The van der Waals surface area contributed by atoms with Crippen LogP contribution in [-0.4, -0.2) is 74.5 Å². The molecule has 0 spiro atoms. The molecule has 1 aliphatic rings. The Kier molecular flexibility index (Phi) is 9.07. The van der Waals surface area contributed by atoms with Gasteiger partial charge in [-0.1, -0.05) is 23.2 Å². The first-order chi connectivity index (χ1) is 19.8. The van der Waals surface area contributed by atoms with Gasteiger partial charge in [0.1, 0.15) is 36.4 Å². The van der Waals surface area contributed by atoms with E-state index in [-0.39, 0.29) is 28.0 Å². The third-order valence-corrected chi connectivity index (χ3v) is 6.22. The zero-order valence-electron chi connectivity index (χ0n) is 22.8. The minimum absolute atomic E-state index is 0.0804. The summed E-state index contributed by atoms with van der Waals surface area (Å²) in [4.78, 5) is 63.9. The van der Waals surface area contributed by atoms with Crippen LogP contribution in [0.15, 0.2) is 42.7 Å². The lowest BCUT2D eigenvalue weighted by atomic mass is 10.1. The molecule has 0 bridgehead atoms. The second-order valence-electron chi connectivity index (χ2n) is 10.0. The summed E-state index contributed by atoms with van der Waals surface area (Å²) >= 11 is 12.5. The van der Waals surface area contributed by atoms with E-state index in [0.717, 1.165) is 16.0 Å². The van der Waals surface area contributed by atoms with Crippen molar-refractivity contribution in [2.24, 2.45) is 0 Å². The third kappa shape index (κ3) is 7.39. The summed E-state index contributed by atoms with van der Waals surface area (Å²) in [5.41, 5.74) is -0.263. The van der Waals surface area contributed by atoms with Crippen LogP contribution in [0.1, 0.15) is 20.8 Å². The van der Waals surface area contributed by atoms with E-state index in [4.69, 9.17) is 27.9 Å². The summed E-state index contributed by atoms with van der Waals surface area (Å²) < 4.78 is 5.31. The summed E-state index contributed by atoms with van der Waals surface area (Å²) in [5.74, 6) is -0.736. The first kappa shape index (κ1) is 30.4. The van der Waals surface area contributed by atoms with Gasteiger partial charge in [-0.3, -0.25) is 24.6 Å². The Morgan fingerprint density at radius 3 is 2.33 bits per heavy atom. The fraction of sp³-hybridized carbons (Fsp3) is 0.308. The molecule has 14 nitrogen and oxygen atoms in total. The van der Waals surface area contributed by atoms with Crippen molar-refractivity contribution >= 4 is 64.3 Å². The fourth-order valence-electron chi connectivity index (χ4n) is 3.85. The van der Waals surface area contributed by atoms with Crippen molar-refractivity contribution in [1.29, 1.82) is 0 Å². The van der Waals surface area contributed by atoms with Crippen molar-refractivity contribution in [3.8, 4) is 11.3 Å². The first-order valence-electron chi connectivity index (χ1n) is 12.6. The van der Waals surface area contributed by atoms with E-state index in [1.165, 1.54) is 24.4 Å². The number of halogens is 2. The predicted octanol–water partition coefficient (Wildman–Crippen LogP) is 4.39. The summed E-state index contributed by atoms with van der Waals surface area (Å²) in [5, 5.41) is 17.4. The Balaban J connectivity index is 1.54. The molecule has 42 heavy (non-hydrogen) atoms. The van der Waals surface area contributed by atoms with E-state index in [0.29, 0.717) is 29.5 Å². The molecule has 2 aromatic heterocycles. The Morgan fingerprint density at radius 2 is 1.74 bits per heavy atom. The van der Waals surface area contributed by atoms with Gasteiger partial charge < -0.3 is 15.4 Å². The number of rotatable bonds is 8. The summed E-state index contributed by atoms with van der Waals surface area (Å²) in [7, 11) is 0. The largest absolute Gasteiger partial charge is 0.444 e. The Morgan fingerprint density at radius 1 is 1.05 bits per heavy atom. The van der Waals surface area contributed by atoms with Crippen molar-refractivity contribution in [1.82, 2.24) is 19.9 Å². The normalized spacial score (nSPS) is 13.6. The highest BCUT2D eigenvalue weighted by molar-refractivity contribution is 6.36. The number of ether oxygens (including phenoxy) is 1. The smallest absolute Gasteiger partial charge is 0.411 e. The van der Waals surface area contributed by atoms with Crippen LogP contribution >= 0.6 is 23.2 Å². The van der Waals surface area contributed by atoms with Gasteiger partial charge in [0.05, 0.1) is 21.8 Å². The molecule has 1 aliphatic heterocycles. The standard InChI is InChI=1S/C26H26Cl2N8O6/c1-26(2,3)42-25(39)34-13-21(37)35(22(38)14-34)19-12-32-24(33-23(19)17-6-4-15(27)10-18(17)28)30-9-8-29-20-7-5-16(11-31-20)36(40)41/h4-7,10-12H,8-9,13-14H2,1-3H3,(H,29,31)(H,30,32,33). The second kappa shape index (κ2) is 12.5. The summed E-state index contributed by atoms with van der Waals surface area (Å²) in [6, 6.07) is 7.52. The number of amides is 3. The Labute approximate surface area is 250 Å². The van der Waals surface area contributed by atoms with E-state index >= 15 is 0 Å². The average Bonchev–Trinajstić information content (AvgIpc) is 2.90. The van der Waals surface area contributed by atoms with Crippen LogP contribution in [0.25, 0.3) is 11.3 Å². The number of benzene rings is 1. The van der Waals surface area contributed by atoms with Crippen molar-refractivity contribution in [2.45, 2.75) is 26.4 Å². The zero-order valence-corrected chi connectivity index (χ0v) is 24.3. The number of carbonyl (C=O) groups is 3. The number of nitrogens with zero attached hydrogens (tertiary/aromatic N) is 6. The molecule has 16 heteroatoms. The van der Waals surface area contributed by atoms with Gasteiger partial charge in [0.2, 0.25) is 5.95 Å². The van der Waals surface area contributed by atoms with Crippen molar-refractivity contribution in [2.75, 3.05) is 41.7 Å². The number of hydrogen-bond donors (Lipinski definition) is 2. The number of pyridine rings is 1. The van der Waals surface area contributed by atoms with Crippen molar-refractivity contribution in [3.63, 3.8) is 0 Å². The lowest BCUT2D eigenvalue weighted by Gasteiger charge is -2.34. The molecule has 1 saturated heterocycles. The van der Waals surface area contributed by atoms with Gasteiger partial charge in [-0.15, -0.1) is 0 Å². The molecular formula is C26H26Cl2N8O6. The van der Waals surface area contributed by atoms with Crippen LogP contribution in [0, 0.1) is 10.1 Å². The predicted molar refractivity (Wildman–Crippen MR) is 156 cm³/mol. The maximum absolute atomic E-state index is 13.2. The lowest BCUT2D eigenvalue weighted by Crippen LogP contribution is -2.56. The highest BCUT2D eigenvalue weighted by Gasteiger charge is 2.38. The number of nitro groups is 1. The van der Waals surface area contributed by atoms with Gasteiger partial charge in [-0.2, -0.15) is 0 Å². The number of imide groups is 1. The highest BCUT2D eigenvalue weighted by atomic mass is 35.5. The summed E-state index contributed by atoms with van der Waals surface area (Å²) in [6.45, 7) is 4.94. The molecule has 0 saturated carbocycles. The van der Waals surface area contributed by atoms with E-state index in [2.05, 4.69) is 25.6 Å². The minimum Gasteiger partial charge on any atom is -0.444 e. The van der Waals surface area contributed by atoms with Gasteiger partial charge >= 0.3 is 6.09 Å². The van der Waals surface area contributed by atoms with Crippen molar-refractivity contribution in [3.05, 3.63) is 62.9 Å². The Hall–Kier alpha value is -4.56. The molecule has 0 radical (unpaired) electrons. The SMILES string of the molecule is CC(C)(C)OC(=O)N1CC(=O)N(c2cnc(NCCNc3ccc([N+](=O)[O-])cn3)nc2-c2ccc(Cl)cc2Cl)C(=O)C1. The van der Waals surface area contributed by atoms with Crippen LogP contribution in [0.4, 0.5) is 27.9 Å². The molecule has 2 N–H and O–H groups in total. The van der Waals surface area contributed by atoms with Gasteiger partial charge in [-0.05, 0) is 45.0 Å². The maximum atomic E-state index is 13.2. The number of anilines is 3. The number of aromatic nitrogens is 3. The van der Waals surface area contributed by atoms with E-state index in [9.17, 15) is 24.5 Å². The third-order valence-electron chi connectivity index (χ3n) is 5.67. The highest BCUT2D eigenvalue weighted by Crippen LogP contribution is 2.36. The van der Waals surface area contributed by atoms with Gasteiger partial charge in [0.25, 0.3) is 17.5 Å². The molecule has 220 valence electrons. The van der Waals surface area contributed by atoms with Gasteiger partial charge in [0.15, 0.2) is 0 Å². The molecule has 0 atom stereocenters. The van der Waals surface area contributed by atoms with Crippen molar-refractivity contribution < 1.29 is 24.0 Å². The quantitative estimate of drug-likeness (QED) is 0.159. The number of carbonyl (C=O) groups excluding carboxylic acids is 3. The lowest BCUT2D eigenvalue weighted by molar-refractivity contribution is -0.385. The van der Waals surface area contributed by atoms with E-state index in [1.54, 1.807) is 32.9 Å². The van der Waals surface area contributed by atoms with Gasteiger partial charge in [0, 0.05) is 29.7 Å². The monoisotopic (exact) mass is 616 g/mol. The van der Waals surface area contributed by atoms with Crippen LogP contribution in [0.2, 0.25) is 10.0 Å². The minimum atomic E-state index is -0.802. The molecule has 4 rings (SSSR count). The van der Waals surface area contributed by atoms with E-state index in [1.807, 2.05) is 0 Å². The second-order valence-corrected chi connectivity index (χ2v) is 10.9. The van der Waals surface area contributed by atoms with Crippen LogP contribution < -0.4 is 15.5 Å². The van der Waals surface area contributed by atoms with Gasteiger partial charge in [-0.25, -0.2) is 24.6 Å². The molecule has 0 unspecified atom stereocenters. The zero-order chi connectivity index (χ0) is 30.6. The maximum Gasteiger partial charge on any atom is 0.411 e. The molecule has 3 heterocycles. The number of nitrogens with one attached hydrogen (secondary N) is 2. The topological polar surface area (TPSA) is 173 Å². The van der Waals surface area contributed by atoms with Crippen LogP contribution in [0.5, 0.6) is 0 Å². The van der Waals surface area contributed by atoms with Crippen LogP contribution in [-0.2, 0) is 14.3 Å². The van der Waals surface area contributed by atoms with E-state index < -0.39 is 41.5 Å². The number of hydrogen-bond acceptors (Lipinski definition) is 11. The molecule has 0 aliphatic carbocycles. The number of piperazine rings is 1. The Bertz CT molecular complexity index is 1510. The summed E-state index contributed by atoms with van der Waals surface area (Å²) in [6.07, 6.45) is 1.69. The molecule has 3 aromatic rings. The molecule has 1 aromatic carbocycles. The fourth-order valence-corrected chi connectivity index (χ4v) is 4.35. The average molecular weight is 617 g/mol. The van der Waals surface area contributed by atoms with Crippen LogP contribution in [0.3, 0.4) is 0 Å². The molecule has 3 amide bonds. The molecule has 1 fully saturated rings.